The fourth-order valence-electron chi connectivity index (χ4n) is 2.63. The van der Waals surface area contributed by atoms with E-state index in [-0.39, 0.29) is 5.92 Å². The molecule has 1 aliphatic heterocycles. The summed E-state index contributed by atoms with van der Waals surface area (Å²) in [5, 5.41) is 9.31. The molecule has 17 heavy (non-hydrogen) atoms. The van der Waals surface area contributed by atoms with E-state index < -0.39 is 23.2 Å². The number of piperidine rings is 1. The minimum Gasteiger partial charge on any atom is -0.479 e. The van der Waals surface area contributed by atoms with Crippen LogP contribution in [-0.2, 0) is 9.53 Å². The molecule has 0 bridgehead atoms. The molecule has 1 N–H and O–H groups in total. The van der Waals surface area contributed by atoms with Gasteiger partial charge in [0.2, 0.25) is 0 Å². The van der Waals surface area contributed by atoms with E-state index >= 15 is 0 Å². The first-order chi connectivity index (χ1) is 7.77. The second-order valence-electron chi connectivity index (χ2n) is 5.90. The van der Waals surface area contributed by atoms with E-state index in [1.807, 2.05) is 0 Å². The molecule has 1 saturated heterocycles. The summed E-state index contributed by atoms with van der Waals surface area (Å²) < 4.78 is 5.27. The molecule has 1 amide bonds. The van der Waals surface area contributed by atoms with Crippen LogP contribution in [0, 0.1) is 5.92 Å². The Bertz CT molecular complexity index is 360. The Balaban J connectivity index is 2.14. The molecule has 1 aliphatic carbocycles. The molecule has 2 fully saturated rings. The number of carbonyl (C=O) groups excluding carboxylic acids is 1. The van der Waals surface area contributed by atoms with Crippen LogP contribution in [-0.4, -0.2) is 39.8 Å². The van der Waals surface area contributed by atoms with Gasteiger partial charge in [-0.25, -0.2) is 9.59 Å². The monoisotopic (exact) mass is 241 g/mol. The molecule has 5 heteroatoms. The van der Waals surface area contributed by atoms with Crippen LogP contribution in [0.5, 0.6) is 0 Å². The van der Waals surface area contributed by atoms with Crippen LogP contribution < -0.4 is 0 Å². The SMILES string of the molecule is CC(C)(C)OC(=O)N1CCCC2CC21C(=O)O. The number of amides is 1. The lowest BCUT2D eigenvalue weighted by Gasteiger charge is -2.34. The van der Waals surface area contributed by atoms with Gasteiger partial charge in [0.1, 0.15) is 11.1 Å². The van der Waals surface area contributed by atoms with Crippen molar-refractivity contribution in [3.63, 3.8) is 0 Å². The van der Waals surface area contributed by atoms with Gasteiger partial charge in [0.15, 0.2) is 0 Å². The summed E-state index contributed by atoms with van der Waals surface area (Å²) in [7, 11) is 0. The van der Waals surface area contributed by atoms with E-state index in [4.69, 9.17) is 4.74 Å². The maximum Gasteiger partial charge on any atom is 0.411 e. The van der Waals surface area contributed by atoms with Crippen LogP contribution in [0.1, 0.15) is 40.0 Å². The third-order valence-corrected chi connectivity index (χ3v) is 3.47. The van der Waals surface area contributed by atoms with Gasteiger partial charge in [-0.15, -0.1) is 0 Å². The average molecular weight is 241 g/mol. The Morgan fingerprint density at radius 2 is 2.06 bits per heavy atom. The topological polar surface area (TPSA) is 66.8 Å². The summed E-state index contributed by atoms with van der Waals surface area (Å²) in [6.45, 7) is 5.84. The van der Waals surface area contributed by atoms with Crippen LogP contribution in [0.4, 0.5) is 4.79 Å². The molecule has 2 unspecified atom stereocenters. The minimum absolute atomic E-state index is 0.112. The highest BCUT2D eigenvalue weighted by molar-refractivity contribution is 5.88. The smallest absolute Gasteiger partial charge is 0.411 e. The number of fused-ring (bicyclic) bond motifs is 1. The van der Waals surface area contributed by atoms with Crippen molar-refractivity contribution in [1.29, 1.82) is 0 Å². The van der Waals surface area contributed by atoms with E-state index in [0.717, 1.165) is 12.8 Å². The zero-order chi connectivity index (χ0) is 12.8. The molecule has 0 radical (unpaired) electrons. The number of hydrogen-bond donors (Lipinski definition) is 1. The van der Waals surface area contributed by atoms with Gasteiger partial charge in [0, 0.05) is 6.54 Å². The molecule has 2 atom stereocenters. The molecule has 0 aromatic carbocycles. The predicted octanol–water partition coefficient (Wildman–Crippen LogP) is 1.86. The van der Waals surface area contributed by atoms with Crippen molar-refractivity contribution in [2.24, 2.45) is 5.92 Å². The van der Waals surface area contributed by atoms with Crippen molar-refractivity contribution in [2.75, 3.05) is 6.54 Å². The van der Waals surface area contributed by atoms with E-state index in [1.165, 1.54) is 4.90 Å². The van der Waals surface area contributed by atoms with Gasteiger partial charge in [-0.1, -0.05) is 0 Å². The fourth-order valence-corrected chi connectivity index (χ4v) is 2.63. The van der Waals surface area contributed by atoms with Crippen molar-refractivity contribution in [1.82, 2.24) is 4.90 Å². The van der Waals surface area contributed by atoms with Gasteiger partial charge in [-0.2, -0.15) is 0 Å². The number of carbonyl (C=O) groups is 2. The quantitative estimate of drug-likeness (QED) is 0.761. The normalized spacial score (nSPS) is 31.7. The predicted molar refractivity (Wildman–Crippen MR) is 60.6 cm³/mol. The second-order valence-corrected chi connectivity index (χ2v) is 5.90. The second kappa shape index (κ2) is 3.62. The Morgan fingerprint density at radius 1 is 1.41 bits per heavy atom. The van der Waals surface area contributed by atoms with Crippen molar-refractivity contribution < 1.29 is 19.4 Å². The number of rotatable bonds is 1. The molecule has 2 rings (SSSR count). The maximum absolute atomic E-state index is 12.0. The first-order valence-electron chi connectivity index (χ1n) is 6.01. The van der Waals surface area contributed by atoms with Crippen LogP contribution in [0.2, 0.25) is 0 Å². The standard InChI is InChI=1S/C12H19NO4/c1-11(2,3)17-10(16)13-6-4-5-8-7-12(8,13)9(14)15/h8H,4-7H2,1-3H3,(H,14,15). The van der Waals surface area contributed by atoms with E-state index in [0.29, 0.717) is 13.0 Å². The third-order valence-electron chi connectivity index (χ3n) is 3.47. The lowest BCUT2D eigenvalue weighted by molar-refractivity contribution is -0.146. The molecule has 0 aromatic rings. The Hall–Kier alpha value is -1.26. The van der Waals surface area contributed by atoms with Gasteiger partial charge >= 0.3 is 12.1 Å². The summed E-state index contributed by atoms with van der Waals surface area (Å²) in [5.74, 6) is -0.783. The molecule has 5 nitrogen and oxygen atoms in total. The number of hydrogen-bond acceptors (Lipinski definition) is 3. The van der Waals surface area contributed by atoms with Crippen molar-refractivity contribution in [3.05, 3.63) is 0 Å². The van der Waals surface area contributed by atoms with E-state index in [9.17, 15) is 14.7 Å². The summed E-state index contributed by atoms with van der Waals surface area (Å²) >= 11 is 0. The van der Waals surface area contributed by atoms with Crippen molar-refractivity contribution >= 4 is 12.1 Å². The first kappa shape index (κ1) is 12.2. The molecular formula is C12H19NO4. The van der Waals surface area contributed by atoms with Crippen LogP contribution in [0.15, 0.2) is 0 Å². The van der Waals surface area contributed by atoms with Gasteiger partial charge in [0.05, 0.1) is 0 Å². The number of carboxylic acid groups (broad SMARTS) is 1. The molecule has 96 valence electrons. The molecule has 0 spiro atoms. The van der Waals surface area contributed by atoms with Crippen molar-refractivity contribution in [2.45, 2.75) is 51.2 Å². The van der Waals surface area contributed by atoms with Crippen LogP contribution >= 0.6 is 0 Å². The molecule has 0 aromatic heterocycles. The number of likely N-dealkylation sites (tertiary alicyclic amines) is 1. The maximum atomic E-state index is 12.0. The molecule has 1 heterocycles. The Labute approximate surface area is 101 Å². The molecule has 2 aliphatic rings. The van der Waals surface area contributed by atoms with Gasteiger partial charge < -0.3 is 9.84 Å². The van der Waals surface area contributed by atoms with Crippen LogP contribution in [0.3, 0.4) is 0 Å². The van der Waals surface area contributed by atoms with Gasteiger partial charge in [0.25, 0.3) is 0 Å². The molecular weight excluding hydrogens is 222 g/mol. The Morgan fingerprint density at radius 3 is 2.59 bits per heavy atom. The number of nitrogens with zero attached hydrogens (tertiary/aromatic N) is 1. The third kappa shape index (κ3) is 1.98. The summed E-state index contributed by atoms with van der Waals surface area (Å²) in [4.78, 5) is 24.8. The first-order valence-corrected chi connectivity index (χ1v) is 6.01. The lowest BCUT2D eigenvalue weighted by Crippen LogP contribution is -2.52. The largest absolute Gasteiger partial charge is 0.479 e. The zero-order valence-corrected chi connectivity index (χ0v) is 10.5. The number of aliphatic carboxylic acids is 1. The highest BCUT2D eigenvalue weighted by Gasteiger charge is 2.67. The minimum atomic E-state index is -0.972. The van der Waals surface area contributed by atoms with Gasteiger partial charge in [-0.3, -0.25) is 4.90 Å². The van der Waals surface area contributed by atoms with Crippen LogP contribution in [0.25, 0.3) is 0 Å². The van der Waals surface area contributed by atoms with E-state index in [2.05, 4.69) is 0 Å². The fraction of sp³-hybridized carbons (Fsp3) is 0.833. The highest BCUT2D eigenvalue weighted by Crippen LogP contribution is 2.54. The van der Waals surface area contributed by atoms with E-state index in [1.54, 1.807) is 20.8 Å². The number of ether oxygens (including phenoxy) is 1. The lowest BCUT2D eigenvalue weighted by atomic mass is 10.0. The van der Waals surface area contributed by atoms with Crippen molar-refractivity contribution in [3.8, 4) is 0 Å². The average Bonchev–Trinajstić information content (AvgIpc) is 2.88. The highest BCUT2D eigenvalue weighted by atomic mass is 16.6. The molecule has 1 saturated carbocycles. The van der Waals surface area contributed by atoms with Gasteiger partial charge in [-0.05, 0) is 46.0 Å². The summed E-state index contributed by atoms with van der Waals surface area (Å²) in [5.41, 5.74) is -1.56. The summed E-state index contributed by atoms with van der Waals surface area (Å²) in [6, 6.07) is 0. The summed E-state index contributed by atoms with van der Waals surface area (Å²) in [6.07, 6.45) is 1.83. The number of carboxylic acids is 1. The zero-order valence-electron chi connectivity index (χ0n) is 10.5. The Kier molecular flexibility index (Phi) is 2.60.